The first-order valence-electron chi connectivity index (χ1n) is 3.40. The second-order valence-corrected chi connectivity index (χ2v) is 2.72. The van der Waals surface area contributed by atoms with Crippen LogP contribution in [0.4, 0.5) is 0 Å². The van der Waals surface area contributed by atoms with Gasteiger partial charge in [-0.2, -0.15) is 0 Å². The largest absolute Gasteiger partial charge is 0.305 e. The Labute approximate surface area is 60.0 Å². The maximum absolute atomic E-state index is 10.9. The molecule has 1 unspecified atom stereocenters. The lowest BCUT2D eigenvalue weighted by Gasteiger charge is -2.24. The molecule has 1 heterocycles. The van der Waals surface area contributed by atoms with Gasteiger partial charge in [-0.15, -0.1) is 0 Å². The highest BCUT2D eigenvalue weighted by Gasteiger charge is 2.23. The molecule has 0 bridgehead atoms. The van der Waals surface area contributed by atoms with Crippen molar-refractivity contribution >= 4 is 12.1 Å². The molecule has 10 heavy (non-hydrogen) atoms. The highest BCUT2D eigenvalue weighted by molar-refractivity contribution is 5.94. The number of hydrogen-bond donors (Lipinski definition) is 0. The van der Waals surface area contributed by atoms with E-state index in [1.54, 1.807) is 0 Å². The fourth-order valence-corrected chi connectivity index (χ4v) is 1.13. The van der Waals surface area contributed by atoms with Gasteiger partial charge in [0.1, 0.15) is 12.1 Å². The average Bonchev–Trinajstić information content (AvgIpc) is 1.94. The van der Waals surface area contributed by atoms with E-state index in [0.29, 0.717) is 13.0 Å². The van der Waals surface area contributed by atoms with Crippen LogP contribution in [-0.2, 0) is 9.59 Å². The third-order valence-corrected chi connectivity index (χ3v) is 1.83. The molecule has 0 spiro atoms. The number of piperidine rings is 1. The Hall–Kier alpha value is -0.700. The molecule has 0 N–H and O–H groups in total. The molecule has 0 saturated carbocycles. The zero-order valence-electron chi connectivity index (χ0n) is 6.04. The van der Waals surface area contributed by atoms with Crippen LogP contribution < -0.4 is 0 Å². The molecular formula is C7H11NO2. The van der Waals surface area contributed by atoms with Crippen molar-refractivity contribution in [3.8, 4) is 0 Å². The number of carbonyl (C=O) groups excluding carboxylic acids is 2. The number of likely N-dealkylation sites (tertiary alicyclic amines) is 1. The van der Waals surface area contributed by atoms with Gasteiger partial charge < -0.3 is 9.69 Å². The van der Waals surface area contributed by atoms with Crippen molar-refractivity contribution in [1.82, 2.24) is 4.90 Å². The third kappa shape index (κ3) is 1.42. The van der Waals surface area contributed by atoms with Crippen LogP contribution in [0.3, 0.4) is 0 Å². The first-order chi connectivity index (χ1) is 4.74. The van der Waals surface area contributed by atoms with Crippen LogP contribution in [0.15, 0.2) is 0 Å². The Morgan fingerprint density at radius 3 is 2.90 bits per heavy atom. The summed E-state index contributed by atoms with van der Waals surface area (Å²) >= 11 is 0. The molecule has 1 fully saturated rings. The molecule has 56 valence electrons. The smallest absolute Gasteiger partial charge is 0.145 e. The summed E-state index contributed by atoms with van der Waals surface area (Å²) in [6, 6.07) is 0. The second kappa shape index (κ2) is 2.92. The molecule has 1 rings (SSSR count). The summed E-state index contributed by atoms with van der Waals surface area (Å²) in [5.41, 5.74) is 0. The molecule has 3 nitrogen and oxygen atoms in total. The molecule has 1 atom stereocenters. The monoisotopic (exact) mass is 141 g/mol. The molecule has 1 aliphatic rings. The molecule has 1 saturated heterocycles. The first-order valence-corrected chi connectivity index (χ1v) is 3.40. The standard InChI is InChI=1S/C7H11NO2/c1-8-3-2-7(10)6(4-8)5-9/h5-6H,2-4H2,1H3. The number of ketones is 1. The zero-order chi connectivity index (χ0) is 7.56. The highest BCUT2D eigenvalue weighted by Crippen LogP contribution is 2.08. The summed E-state index contributed by atoms with van der Waals surface area (Å²) in [7, 11) is 1.92. The number of aldehydes is 1. The number of nitrogens with zero attached hydrogens (tertiary/aromatic N) is 1. The summed E-state index contributed by atoms with van der Waals surface area (Å²) < 4.78 is 0. The topological polar surface area (TPSA) is 37.4 Å². The van der Waals surface area contributed by atoms with Gasteiger partial charge in [0.2, 0.25) is 0 Å². The summed E-state index contributed by atoms with van der Waals surface area (Å²) in [5, 5.41) is 0. The molecule has 0 aromatic rings. The summed E-state index contributed by atoms with van der Waals surface area (Å²) in [6.07, 6.45) is 1.28. The van der Waals surface area contributed by atoms with E-state index in [4.69, 9.17) is 0 Å². The van der Waals surface area contributed by atoms with E-state index < -0.39 is 0 Å². The van der Waals surface area contributed by atoms with Gasteiger partial charge in [0.05, 0.1) is 5.92 Å². The van der Waals surface area contributed by atoms with Gasteiger partial charge in [-0.1, -0.05) is 0 Å². The Morgan fingerprint density at radius 1 is 1.70 bits per heavy atom. The van der Waals surface area contributed by atoms with E-state index in [2.05, 4.69) is 0 Å². The van der Waals surface area contributed by atoms with Gasteiger partial charge >= 0.3 is 0 Å². The van der Waals surface area contributed by atoms with Gasteiger partial charge in [0.25, 0.3) is 0 Å². The van der Waals surface area contributed by atoms with E-state index in [9.17, 15) is 9.59 Å². The lowest BCUT2D eigenvalue weighted by Crippen LogP contribution is -2.38. The van der Waals surface area contributed by atoms with E-state index in [1.807, 2.05) is 11.9 Å². The Kier molecular flexibility index (Phi) is 2.17. The summed E-state index contributed by atoms with van der Waals surface area (Å²) in [4.78, 5) is 23.2. The van der Waals surface area contributed by atoms with E-state index in [0.717, 1.165) is 12.8 Å². The molecule has 0 amide bonds. The minimum absolute atomic E-state index is 0.0908. The maximum Gasteiger partial charge on any atom is 0.145 e. The van der Waals surface area contributed by atoms with E-state index in [-0.39, 0.29) is 11.7 Å². The van der Waals surface area contributed by atoms with Crippen molar-refractivity contribution in [1.29, 1.82) is 0 Å². The van der Waals surface area contributed by atoms with Crippen molar-refractivity contribution in [3.05, 3.63) is 0 Å². The molecule has 0 aliphatic carbocycles. The van der Waals surface area contributed by atoms with Crippen LogP contribution in [0.1, 0.15) is 6.42 Å². The average molecular weight is 141 g/mol. The van der Waals surface area contributed by atoms with Crippen molar-refractivity contribution in [2.24, 2.45) is 5.92 Å². The van der Waals surface area contributed by atoms with Gasteiger partial charge in [-0.25, -0.2) is 0 Å². The number of Topliss-reactive ketones (excluding diaryl/α,β-unsaturated/α-hetero) is 1. The molecule has 0 aromatic carbocycles. The second-order valence-electron chi connectivity index (χ2n) is 2.72. The van der Waals surface area contributed by atoms with Crippen molar-refractivity contribution in [3.63, 3.8) is 0 Å². The van der Waals surface area contributed by atoms with Crippen LogP contribution >= 0.6 is 0 Å². The molecule has 1 aliphatic heterocycles. The normalized spacial score (nSPS) is 28.5. The predicted octanol–water partition coefficient (Wildman–Crippen LogP) is -0.294. The minimum Gasteiger partial charge on any atom is -0.305 e. The van der Waals surface area contributed by atoms with Crippen LogP contribution in [0.2, 0.25) is 0 Å². The molecular weight excluding hydrogens is 130 g/mol. The lowest BCUT2D eigenvalue weighted by molar-refractivity contribution is -0.130. The minimum atomic E-state index is -0.362. The lowest BCUT2D eigenvalue weighted by atomic mass is 9.99. The van der Waals surface area contributed by atoms with Crippen molar-refractivity contribution in [2.45, 2.75) is 6.42 Å². The summed E-state index contributed by atoms with van der Waals surface area (Å²) in [6.45, 7) is 1.39. The van der Waals surface area contributed by atoms with Gasteiger partial charge in [0, 0.05) is 19.5 Å². The number of hydrogen-bond acceptors (Lipinski definition) is 3. The molecule has 0 aromatic heterocycles. The maximum atomic E-state index is 10.9. The van der Waals surface area contributed by atoms with Gasteiger partial charge in [-0.3, -0.25) is 4.79 Å². The van der Waals surface area contributed by atoms with Crippen LogP contribution in [0.25, 0.3) is 0 Å². The van der Waals surface area contributed by atoms with E-state index >= 15 is 0 Å². The molecule has 0 radical (unpaired) electrons. The Bertz CT molecular complexity index is 156. The van der Waals surface area contributed by atoms with Gasteiger partial charge in [0.15, 0.2) is 0 Å². The van der Waals surface area contributed by atoms with E-state index in [1.165, 1.54) is 0 Å². The summed E-state index contributed by atoms with van der Waals surface area (Å²) in [5.74, 6) is -0.271. The SMILES string of the molecule is CN1CCC(=O)C(C=O)C1. The Morgan fingerprint density at radius 2 is 2.40 bits per heavy atom. The fourth-order valence-electron chi connectivity index (χ4n) is 1.13. The predicted molar refractivity (Wildman–Crippen MR) is 36.7 cm³/mol. The van der Waals surface area contributed by atoms with Crippen LogP contribution in [-0.4, -0.2) is 37.1 Å². The third-order valence-electron chi connectivity index (χ3n) is 1.83. The first kappa shape index (κ1) is 7.41. The quantitative estimate of drug-likeness (QED) is 0.372. The van der Waals surface area contributed by atoms with Crippen LogP contribution in [0, 0.1) is 5.92 Å². The zero-order valence-corrected chi connectivity index (χ0v) is 6.04. The highest BCUT2D eigenvalue weighted by atomic mass is 16.1. The Balaban J connectivity index is 2.53. The fraction of sp³-hybridized carbons (Fsp3) is 0.714. The van der Waals surface area contributed by atoms with Gasteiger partial charge in [-0.05, 0) is 7.05 Å². The number of carbonyl (C=O) groups is 2. The van der Waals surface area contributed by atoms with Crippen molar-refractivity contribution in [2.75, 3.05) is 20.1 Å². The van der Waals surface area contributed by atoms with Crippen LogP contribution in [0.5, 0.6) is 0 Å². The molecule has 3 heteroatoms. The van der Waals surface area contributed by atoms with Crippen molar-refractivity contribution < 1.29 is 9.59 Å². The number of rotatable bonds is 1.